The minimum atomic E-state index is 0.0600. The minimum Gasteiger partial charge on any atom is -0.384 e. The van der Waals surface area contributed by atoms with Gasteiger partial charge in [-0.25, -0.2) is 0 Å². The highest BCUT2D eigenvalue weighted by Crippen LogP contribution is 2.12. The number of rotatable bonds is 7. The zero-order valence-corrected chi connectivity index (χ0v) is 12.2. The van der Waals surface area contributed by atoms with Crippen LogP contribution in [-0.2, 0) is 14.3 Å². The Morgan fingerprint density at radius 1 is 1.32 bits per heavy atom. The number of methoxy groups -OCH3 is 1. The molecule has 19 heavy (non-hydrogen) atoms. The molecule has 0 bridgehead atoms. The molecule has 2 amide bonds. The number of nitrogens with zero attached hydrogens (tertiary/aromatic N) is 1. The summed E-state index contributed by atoms with van der Waals surface area (Å²) in [6.07, 6.45) is 3.28. The molecular weight excluding hydrogens is 268 g/mol. The Bertz CT molecular complexity index is 292. The second kappa shape index (κ2) is 9.15. The van der Waals surface area contributed by atoms with Gasteiger partial charge in [0, 0.05) is 38.5 Å². The number of nitrogens with one attached hydrogen (secondary N) is 1. The summed E-state index contributed by atoms with van der Waals surface area (Å²) in [6, 6.07) is 0.189. The number of hydrogen-bond acceptors (Lipinski definition) is 3. The number of carbonyl (C=O) groups is 2. The summed E-state index contributed by atoms with van der Waals surface area (Å²) in [4.78, 5) is 25.2. The summed E-state index contributed by atoms with van der Waals surface area (Å²) in [5.41, 5.74) is 0. The van der Waals surface area contributed by atoms with Crippen LogP contribution in [0.5, 0.6) is 0 Å². The lowest BCUT2D eigenvalue weighted by molar-refractivity contribution is -0.133. The van der Waals surface area contributed by atoms with Crippen LogP contribution in [0.1, 0.15) is 32.1 Å². The first-order valence-corrected chi connectivity index (χ1v) is 7.33. The molecule has 1 saturated heterocycles. The van der Waals surface area contributed by atoms with E-state index in [1.807, 2.05) is 4.90 Å². The van der Waals surface area contributed by atoms with E-state index in [0.717, 1.165) is 12.8 Å². The summed E-state index contributed by atoms with van der Waals surface area (Å²) < 4.78 is 4.90. The zero-order valence-electron chi connectivity index (χ0n) is 11.5. The van der Waals surface area contributed by atoms with Gasteiger partial charge in [-0.2, -0.15) is 0 Å². The number of likely N-dealkylation sites (tertiary alicyclic amines) is 1. The smallest absolute Gasteiger partial charge is 0.224 e. The summed E-state index contributed by atoms with van der Waals surface area (Å²) in [6.45, 7) is 1.89. The first kappa shape index (κ1) is 16.2. The lowest BCUT2D eigenvalue weighted by atomic mass is 10.0. The SMILES string of the molecule is COCCC(=O)N1CCC(NC(=O)CCCCl)CC1. The Morgan fingerprint density at radius 3 is 2.58 bits per heavy atom. The Hall–Kier alpha value is -0.810. The third-order valence-electron chi connectivity index (χ3n) is 3.27. The van der Waals surface area contributed by atoms with E-state index in [1.165, 1.54) is 0 Å². The van der Waals surface area contributed by atoms with E-state index in [2.05, 4.69) is 5.32 Å². The molecule has 5 nitrogen and oxygen atoms in total. The molecule has 1 rings (SSSR count). The number of piperidine rings is 1. The van der Waals surface area contributed by atoms with Crippen molar-refractivity contribution in [1.29, 1.82) is 0 Å². The quantitative estimate of drug-likeness (QED) is 0.716. The van der Waals surface area contributed by atoms with Crippen LogP contribution in [0.3, 0.4) is 0 Å². The Labute approximate surface area is 119 Å². The maximum Gasteiger partial charge on any atom is 0.224 e. The summed E-state index contributed by atoms with van der Waals surface area (Å²) in [5.74, 6) is 0.707. The molecule has 1 aliphatic rings. The monoisotopic (exact) mass is 290 g/mol. The van der Waals surface area contributed by atoms with Crippen LogP contribution in [0.2, 0.25) is 0 Å². The van der Waals surface area contributed by atoms with Gasteiger partial charge in [-0.1, -0.05) is 0 Å². The van der Waals surface area contributed by atoms with Crippen molar-refractivity contribution in [2.75, 3.05) is 32.7 Å². The lowest BCUT2D eigenvalue weighted by Crippen LogP contribution is -2.46. The predicted octanol–water partition coefficient (Wildman–Crippen LogP) is 1.15. The van der Waals surface area contributed by atoms with E-state index in [0.29, 0.717) is 44.8 Å². The molecule has 0 atom stereocenters. The van der Waals surface area contributed by atoms with Crippen LogP contribution in [0.15, 0.2) is 0 Å². The average Bonchev–Trinajstić information content (AvgIpc) is 2.43. The van der Waals surface area contributed by atoms with E-state index >= 15 is 0 Å². The van der Waals surface area contributed by atoms with Crippen molar-refractivity contribution >= 4 is 23.4 Å². The molecule has 0 aromatic heterocycles. The van der Waals surface area contributed by atoms with Gasteiger partial charge in [0.05, 0.1) is 13.0 Å². The molecule has 0 aliphatic carbocycles. The first-order chi connectivity index (χ1) is 9.17. The highest BCUT2D eigenvalue weighted by molar-refractivity contribution is 6.17. The highest BCUT2D eigenvalue weighted by Gasteiger charge is 2.23. The van der Waals surface area contributed by atoms with Crippen LogP contribution in [-0.4, -0.2) is 55.4 Å². The van der Waals surface area contributed by atoms with Gasteiger partial charge in [-0.05, 0) is 19.3 Å². The van der Waals surface area contributed by atoms with Crippen molar-refractivity contribution in [3.8, 4) is 0 Å². The Balaban J connectivity index is 2.21. The predicted molar refractivity (Wildman–Crippen MR) is 74.2 cm³/mol. The third-order valence-corrected chi connectivity index (χ3v) is 3.54. The molecule has 1 fully saturated rings. The van der Waals surface area contributed by atoms with Crippen LogP contribution < -0.4 is 5.32 Å². The summed E-state index contributed by atoms with van der Waals surface area (Å²) >= 11 is 5.55. The van der Waals surface area contributed by atoms with Gasteiger partial charge in [0.2, 0.25) is 11.8 Å². The zero-order chi connectivity index (χ0) is 14.1. The van der Waals surface area contributed by atoms with Gasteiger partial charge in [0.25, 0.3) is 0 Å². The van der Waals surface area contributed by atoms with Crippen LogP contribution >= 0.6 is 11.6 Å². The average molecular weight is 291 g/mol. The van der Waals surface area contributed by atoms with Gasteiger partial charge in [-0.3, -0.25) is 9.59 Å². The number of halogens is 1. The fourth-order valence-electron chi connectivity index (χ4n) is 2.15. The standard InChI is InChI=1S/C13H23ClN2O3/c1-19-10-6-13(18)16-8-4-11(5-9-16)15-12(17)3-2-7-14/h11H,2-10H2,1H3,(H,15,17). The van der Waals surface area contributed by atoms with Crippen LogP contribution in [0.4, 0.5) is 0 Å². The van der Waals surface area contributed by atoms with Gasteiger partial charge in [-0.15, -0.1) is 11.6 Å². The summed E-state index contributed by atoms with van der Waals surface area (Å²) in [7, 11) is 1.59. The highest BCUT2D eigenvalue weighted by atomic mass is 35.5. The van der Waals surface area contributed by atoms with Crippen molar-refractivity contribution in [1.82, 2.24) is 10.2 Å². The van der Waals surface area contributed by atoms with Crippen molar-refractivity contribution < 1.29 is 14.3 Å². The normalized spacial score (nSPS) is 16.4. The van der Waals surface area contributed by atoms with Gasteiger partial charge >= 0.3 is 0 Å². The molecule has 0 radical (unpaired) electrons. The molecule has 1 N–H and O–H groups in total. The second-order valence-corrected chi connectivity index (χ2v) is 5.14. The Kier molecular flexibility index (Phi) is 7.82. The summed E-state index contributed by atoms with van der Waals surface area (Å²) in [5, 5.41) is 3.00. The van der Waals surface area contributed by atoms with E-state index < -0.39 is 0 Å². The van der Waals surface area contributed by atoms with Crippen molar-refractivity contribution in [2.45, 2.75) is 38.1 Å². The molecule has 1 aliphatic heterocycles. The maximum atomic E-state index is 11.8. The molecular formula is C13H23ClN2O3. The fraction of sp³-hybridized carbons (Fsp3) is 0.846. The van der Waals surface area contributed by atoms with Crippen LogP contribution in [0, 0.1) is 0 Å². The largest absolute Gasteiger partial charge is 0.384 e. The number of ether oxygens (including phenoxy) is 1. The van der Waals surface area contributed by atoms with E-state index in [9.17, 15) is 9.59 Å². The van der Waals surface area contributed by atoms with Crippen LogP contribution in [0.25, 0.3) is 0 Å². The number of alkyl halides is 1. The molecule has 1 heterocycles. The van der Waals surface area contributed by atoms with Crippen molar-refractivity contribution in [2.24, 2.45) is 0 Å². The minimum absolute atomic E-state index is 0.0600. The van der Waals surface area contributed by atoms with Gasteiger partial charge in [0.15, 0.2) is 0 Å². The molecule has 0 unspecified atom stereocenters. The lowest BCUT2D eigenvalue weighted by Gasteiger charge is -2.32. The van der Waals surface area contributed by atoms with E-state index in [1.54, 1.807) is 7.11 Å². The molecule has 0 aromatic rings. The number of carbonyl (C=O) groups excluding carboxylic acids is 2. The van der Waals surface area contributed by atoms with Gasteiger partial charge < -0.3 is 15.0 Å². The van der Waals surface area contributed by atoms with Crippen molar-refractivity contribution in [3.05, 3.63) is 0 Å². The first-order valence-electron chi connectivity index (χ1n) is 6.79. The Morgan fingerprint density at radius 2 is 2.00 bits per heavy atom. The number of hydrogen-bond donors (Lipinski definition) is 1. The molecule has 0 aromatic carbocycles. The molecule has 0 spiro atoms. The maximum absolute atomic E-state index is 11.8. The fourth-order valence-corrected chi connectivity index (χ4v) is 2.28. The second-order valence-electron chi connectivity index (χ2n) is 4.76. The van der Waals surface area contributed by atoms with Gasteiger partial charge in [0.1, 0.15) is 0 Å². The topological polar surface area (TPSA) is 58.6 Å². The van der Waals surface area contributed by atoms with Crippen molar-refractivity contribution in [3.63, 3.8) is 0 Å². The van der Waals surface area contributed by atoms with E-state index in [4.69, 9.17) is 16.3 Å². The molecule has 110 valence electrons. The van der Waals surface area contributed by atoms with E-state index in [-0.39, 0.29) is 17.9 Å². The third kappa shape index (κ3) is 6.25. The number of amides is 2. The molecule has 0 saturated carbocycles. The molecule has 6 heteroatoms.